The molecule has 0 heterocycles. The van der Waals surface area contributed by atoms with Gasteiger partial charge in [-0.15, -0.1) is 0 Å². The Kier molecular flexibility index (Phi) is 8.75. The summed E-state index contributed by atoms with van der Waals surface area (Å²) in [5, 5.41) is 13.9. The van der Waals surface area contributed by atoms with Crippen LogP contribution in [0, 0.1) is 10.1 Å². The number of nitrogens with zero attached hydrogens (tertiary/aromatic N) is 2. The van der Waals surface area contributed by atoms with Gasteiger partial charge < -0.3 is 19.7 Å². The lowest BCUT2D eigenvalue weighted by Gasteiger charge is -2.30. The molecule has 0 unspecified atom stereocenters. The van der Waals surface area contributed by atoms with Crippen molar-refractivity contribution in [1.29, 1.82) is 0 Å². The number of hydrogen-bond donors (Lipinski definition) is 1. The highest BCUT2D eigenvalue weighted by Gasteiger charge is 2.31. The maximum absolute atomic E-state index is 13.1. The van der Waals surface area contributed by atoms with Gasteiger partial charge >= 0.3 is 11.7 Å². The average molecular weight is 423 g/mol. The second kappa shape index (κ2) is 10.6. The van der Waals surface area contributed by atoms with Crippen LogP contribution in [0.2, 0.25) is 0 Å². The molecule has 10 heteroatoms. The van der Waals surface area contributed by atoms with Crippen LogP contribution >= 0.6 is 0 Å². The van der Waals surface area contributed by atoms with Gasteiger partial charge in [-0.05, 0) is 46.8 Å². The molecule has 0 spiro atoms. The molecular weight excluding hydrogens is 394 g/mol. The molecule has 1 atom stereocenters. The average Bonchev–Trinajstić information content (AvgIpc) is 2.63. The number of esters is 1. The number of rotatable bonds is 9. The standard InChI is InChI=1S/C20H29N3O7/c1-7-29-17-9-8-15(12-16(17)23(27)28)18(25)22(11-10-21-14(3)24)13(2)19(26)30-20(4,5)6/h8-9,12-13H,7,10-11H2,1-6H3,(H,21,24)/t13-/m1/s1. The van der Waals surface area contributed by atoms with Crippen molar-refractivity contribution < 1.29 is 28.8 Å². The van der Waals surface area contributed by atoms with Crippen LogP contribution in [0.15, 0.2) is 18.2 Å². The molecule has 30 heavy (non-hydrogen) atoms. The van der Waals surface area contributed by atoms with Gasteiger partial charge in [0.15, 0.2) is 5.75 Å². The van der Waals surface area contributed by atoms with Crippen LogP contribution in [0.5, 0.6) is 5.75 Å². The molecule has 0 aliphatic carbocycles. The Morgan fingerprint density at radius 3 is 2.40 bits per heavy atom. The first-order valence-corrected chi connectivity index (χ1v) is 9.56. The summed E-state index contributed by atoms with van der Waals surface area (Å²) in [6.07, 6.45) is 0. The quantitative estimate of drug-likeness (QED) is 0.367. The predicted octanol–water partition coefficient (Wildman–Crippen LogP) is 2.30. The van der Waals surface area contributed by atoms with Crippen LogP contribution in [0.1, 0.15) is 51.9 Å². The summed E-state index contributed by atoms with van der Waals surface area (Å²) in [5.74, 6) is -1.47. The molecule has 0 bridgehead atoms. The number of carbonyl (C=O) groups is 3. The smallest absolute Gasteiger partial charge is 0.329 e. The maximum Gasteiger partial charge on any atom is 0.329 e. The molecule has 1 aromatic rings. The first-order valence-electron chi connectivity index (χ1n) is 9.56. The highest BCUT2D eigenvalue weighted by Crippen LogP contribution is 2.28. The number of benzene rings is 1. The van der Waals surface area contributed by atoms with Crippen molar-refractivity contribution in [3.8, 4) is 5.75 Å². The van der Waals surface area contributed by atoms with Gasteiger partial charge in [-0.3, -0.25) is 19.7 Å². The van der Waals surface area contributed by atoms with Crippen LogP contribution < -0.4 is 10.1 Å². The molecule has 166 valence electrons. The highest BCUT2D eigenvalue weighted by atomic mass is 16.6. The number of nitro benzene ring substituents is 1. The molecular formula is C20H29N3O7. The lowest BCUT2D eigenvalue weighted by molar-refractivity contribution is -0.385. The van der Waals surface area contributed by atoms with E-state index in [2.05, 4.69) is 5.32 Å². The Bertz CT molecular complexity index is 802. The Balaban J connectivity index is 3.23. The molecule has 10 nitrogen and oxygen atoms in total. The molecule has 0 aliphatic heterocycles. The van der Waals surface area contributed by atoms with Crippen molar-refractivity contribution in [2.24, 2.45) is 0 Å². The number of carbonyl (C=O) groups excluding carboxylic acids is 3. The summed E-state index contributed by atoms with van der Waals surface area (Å²) < 4.78 is 10.6. The fourth-order valence-corrected chi connectivity index (χ4v) is 2.57. The van der Waals surface area contributed by atoms with E-state index in [1.165, 1.54) is 30.9 Å². The predicted molar refractivity (Wildman–Crippen MR) is 109 cm³/mol. The van der Waals surface area contributed by atoms with Crippen LogP contribution in [-0.4, -0.2) is 58.9 Å². The van der Waals surface area contributed by atoms with Crippen LogP contribution in [0.4, 0.5) is 5.69 Å². The summed E-state index contributed by atoms with van der Waals surface area (Å²) in [7, 11) is 0. The van der Waals surface area contributed by atoms with Crippen LogP contribution in [0.25, 0.3) is 0 Å². The minimum atomic E-state index is -0.976. The second-order valence-electron chi connectivity index (χ2n) is 7.56. The number of hydrogen-bond acceptors (Lipinski definition) is 7. The molecule has 2 amide bonds. The molecule has 0 saturated carbocycles. The molecule has 0 radical (unpaired) electrons. The zero-order valence-corrected chi connectivity index (χ0v) is 18.2. The SMILES string of the molecule is CCOc1ccc(C(=O)N(CCNC(C)=O)[C@H](C)C(=O)OC(C)(C)C)cc1[N+](=O)[O-]. The van der Waals surface area contributed by atoms with Crippen molar-refractivity contribution in [3.63, 3.8) is 0 Å². The van der Waals surface area contributed by atoms with Crippen molar-refractivity contribution >= 4 is 23.5 Å². The number of nitro groups is 1. The summed E-state index contributed by atoms with van der Waals surface area (Å²) >= 11 is 0. The van der Waals surface area contributed by atoms with E-state index >= 15 is 0 Å². The summed E-state index contributed by atoms with van der Waals surface area (Å²) in [6.45, 7) is 9.99. The molecule has 0 aromatic heterocycles. The first-order chi connectivity index (χ1) is 13.9. The molecule has 0 aliphatic rings. The lowest BCUT2D eigenvalue weighted by atomic mass is 10.1. The fraction of sp³-hybridized carbons (Fsp3) is 0.550. The number of nitrogens with one attached hydrogen (secondary N) is 1. The van der Waals surface area contributed by atoms with Gasteiger partial charge in [0.25, 0.3) is 5.91 Å². The minimum absolute atomic E-state index is 0.0137. The Morgan fingerprint density at radius 1 is 1.27 bits per heavy atom. The number of amides is 2. The van der Waals surface area contributed by atoms with Crippen LogP contribution in [0.3, 0.4) is 0 Å². The topological polar surface area (TPSA) is 128 Å². The summed E-state index contributed by atoms with van der Waals surface area (Å²) in [5.41, 5.74) is -1.09. The Labute approximate surface area is 175 Å². The van der Waals surface area contributed by atoms with Gasteiger partial charge in [-0.25, -0.2) is 4.79 Å². The van der Waals surface area contributed by atoms with Gasteiger partial charge in [-0.1, -0.05) is 0 Å². The van der Waals surface area contributed by atoms with Gasteiger partial charge in [-0.2, -0.15) is 0 Å². The van der Waals surface area contributed by atoms with E-state index in [4.69, 9.17) is 9.47 Å². The molecule has 1 aromatic carbocycles. The van der Waals surface area contributed by atoms with E-state index in [1.807, 2.05) is 0 Å². The Hall–Kier alpha value is -3.17. The minimum Gasteiger partial charge on any atom is -0.487 e. The van der Waals surface area contributed by atoms with E-state index in [-0.39, 0.29) is 42.6 Å². The van der Waals surface area contributed by atoms with Gasteiger partial charge in [0.05, 0.1) is 11.5 Å². The zero-order chi connectivity index (χ0) is 23.1. The second-order valence-corrected chi connectivity index (χ2v) is 7.56. The first kappa shape index (κ1) is 24.9. The molecule has 1 rings (SSSR count). The summed E-state index contributed by atoms with van der Waals surface area (Å²) in [6, 6.07) is 2.88. The monoisotopic (exact) mass is 423 g/mol. The third-order valence-electron chi connectivity index (χ3n) is 3.91. The van der Waals surface area contributed by atoms with Crippen LogP contribution in [-0.2, 0) is 14.3 Å². The van der Waals surface area contributed by atoms with Gasteiger partial charge in [0, 0.05) is 31.6 Å². The zero-order valence-electron chi connectivity index (χ0n) is 18.2. The third kappa shape index (κ3) is 7.34. The Morgan fingerprint density at radius 2 is 1.90 bits per heavy atom. The van der Waals surface area contributed by atoms with Crippen molar-refractivity contribution in [1.82, 2.24) is 10.2 Å². The van der Waals surface area contributed by atoms with E-state index in [0.717, 1.165) is 6.07 Å². The maximum atomic E-state index is 13.1. The van der Waals surface area contributed by atoms with Crippen molar-refractivity contribution in [3.05, 3.63) is 33.9 Å². The van der Waals surface area contributed by atoms with E-state index in [0.29, 0.717) is 0 Å². The van der Waals surface area contributed by atoms with Crippen molar-refractivity contribution in [2.45, 2.75) is 53.2 Å². The third-order valence-corrected chi connectivity index (χ3v) is 3.91. The van der Waals surface area contributed by atoms with Gasteiger partial charge in [0.1, 0.15) is 11.6 Å². The molecule has 1 N–H and O–H groups in total. The molecule has 0 saturated heterocycles. The normalized spacial score (nSPS) is 11.9. The number of ether oxygens (including phenoxy) is 2. The van der Waals surface area contributed by atoms with E-state index in [1.54, 1.807) is 27.7 Å². The molecule has 0 fully saturated rings. The fourth-order valence-electron chi connectivity index (χ4n) is 2.57. The highest BCUT2D eigenvalue weighted by molar-refractivity contribution is 5.97. The van der Waals surface area contributed by atoms with E-state index in [9.17, 15) is 24.5 Å². The van der Waals surface area contributed by atoms with Crippen molar-refractivity contribution in [2.75, 3.05) is 19.7 Å². The van der Waals surface area contributed by atoms with Gasteiger partial charge in [0.2, 0.25) is 5.91 Å². The largest absolute Gasteiger partial charge is 0.487 e. The van der Waals surface area contributed by atoms with E-state index < -0.39 is 28.4 Å². The summed E-state index contributed by atoms with van der Waals surface area (Å²) in [4.78, 5) is 48.8. The lowest BCUT2D eigenvalue weighted by Crippen LogP contribution is -2.48.